The molecule has 8 heteroatoms. The van der Waals surface area contributed by atoms with Crippen LogP contribution in [-0.2, 0) is 4.79 Å². The van der Waals surface area contributed by atoms with E-state index in [0.29, 0.717) is 46.8 Å². The van der Waals surface area contributed by atoms with E-state index in [2.05, 4.69) is 10.2 Å². The molecule has 2 aromatic heterocycles. The summed E-state index contributed by atoms with van der Waals surface area (Å²) >= 11 is 0. The minimum atomic E-state index is -1.01. The van der Waals surface area contributed by atoms with Crippen LogP contribution in [0.4, 0.5) is 0 Å². The Balaban J connectivity index is 2.35. The molecule has 0 radical (unpaired) electrons. The van der Waals surface area contributed by atoms with Crippen molar-refractivity contribution < 1.29 is 23.8 Å². The number of carboxylic acid groups (broad SMARTS) is 1. The molecule has 0 saturated heterocycles. The van der Waals surface area contributed by atoms with Gasteiger partial charge in [0, 0.05) is 5.57 Å². The Labute approximate surface area is 162 Å². The molecule has 1 aromatic carbocycles. The van der Waals surface area contributed by atoms with Crippen LogP contribution in [0.15, 0.2) is 40.3 Å². The van der Waals surface area contributed by atoms with Crippen LogP contribution in [0.3, 0.4) is 0 Å². The summed E-state index contributed by atoms with van der Waals surface area (Å²) in [5.41, 5.74) is 0.748. The van der Waals surface area contributed by atoms with Crippen LogP contribution >= 0.6 is 0 Å². The SMILES string of the molecule is CC/C(=C\c1nnc(-c2ccc(C)o2)n1-c1c(OC)cccc1OC)C(=O)O. The number of carboxylic acids is 1. The molecule has 0 aliphatic carbocycles. The van der Waals surface area contributed by atoms with Crippen LogP contribution < -0.4 is 9.47 Å². The Morgan fingerprint density at radius 1 is 1.18 bits per heavy atom. The van der Waals surface area contributed by atoms with E-state index in [1.54, 1.807) is 50.0 Å². The second-order valence-electron chi connectivity index (χ2n) is 5.97. The predicted octanol–water partition coefficient (Wildman–Crippen LogP) is 3.73. The molecule has 0 fully saturated rings. The molecule has 0 aliphatic heterocycles. The van der Waals surface area contributed by atoms with Crippen LogP contribution in [-0.4, -0.2) is 40.1 Å². The fourth-order valence-corrected chi connectivity index (χ4v) is 2.85. The van der Waals surface area contributed by atoms with Crippen molar-refractivity contribution in [2.45, 2.75) is 20.3 Å². The van der Waals surface area contributed by atoms with Crippen molar-refractivity contribution in [3.05, 3.63) is 47.5 Å². The minimum absolute atomic E-state index is 0.199. The van der Waals surface area contributed by atoms with Gasteiger partial charge in [0.1, 0.15) is 22.9 Å². The Kier molecular flexibility index (Phi) is 5.49. The Morgan fingerprint density at radius 3 is 2.36 bits per heavy atom. The highest BCUT2D eigenvalue weighted by Gasteiger charge is 2.23. The summed E-state index contributed by atoms with van der Waals surface area (Å²) in [7, 11) is 3.09. The maximum atomic E-state index is 11.5. The van der Waals surface area contributed by atoms with Gasteiger partial charge in [-0.2, -0.15) is 0 Å². The lowest BCUT2D eigenvalue weighted by molar-refractivity contribution is -0.132. The number of benzene rings is 1. The van der Waals surface area contributed by atoms with Gasteiger partial charge in [-0.15, -0.1) is 10.2 Å². The van der Waals surface area contributed by atoms with Gasteiger partial charge in [-0.05, 0) is 43.7 Å². The van der Waals surface area contributed by atoms with Gasteiger partial charge in [-0.25, -0.2) is 4.79 Å². The van der Waals surface area contributed by atoms with Crippen LogP contribution in [0.25, 0.3) is 23.3 Å². The molecule has 0 bridgehead atoms. The van der Waals surface area contributed by atoms with Crippen molar-refractivity contribution in [2.24, 2.45) is 0 Å². The third-order valence-electron chi connectivity index (χ3n) is 4.23. The van der Waals surface area contributed by atoms with Crippen molar-refractivity contribution >= 4 is 12.0 Å². The summed E-state index contributed by atoms with van der Waals surface area (Å²) < 4.78 is 18.4. The molecule has 3 aromatic rings. The van der Waals surface area contributed by atoms with Crippen molar-refractivity contribution in [2.75, 3.05) is 14.2 Å². The summed E-state index contributed by atoms with van der Waals surface area (Å²) in [4.78, 5) is 11.5. The van der Waals surface area contributed by atoms with Gasteiger partial charge in [0.15, 0.2) is 11.6 Å². The van der Waals surface area contributed by atoms with Crippen molar-refractivity contribution in [3.63, 3.8) is 0 Å². The maximum Gasteiger partial charge on any atom is 0.331 e. The van der Waals surface area contributed by atoms with Gasteiger partial charge in [-0.3, -0.25) is 4.57 Å². The smallest absolute Gasteiger partial charge is 0.331 e. The van der Waals surface area contributed by atoms with Crippen LogP contribution in [0, 0.1) is 6.92 Å². The highest BCUT2D eigenvalue weighted by molar-refractivity contribution is 5.91. The maximum absolute atomic E-state index is 11.5. The van der Waals surface area contributed by atoms with E-state index in [0.717, 1.165) is 0 Å². The lowest BCUT2D eigenvalue weighted by atomic mass is 10.2. The zero-order valence-corrected chi connectivity index (χ0v) is 16.1. The fraction of sp³-hybridized carbons (Fsp3) is 0.250. The van der Waals surface area contributed by atoms with Crippen LogP contribution in [0.5, 0.6) is 11.5 Å². The Bertz CT molecular complexity index is 1010. The Morgan fingerprint density at radius 2 is 1.86 bits per heavy atom. The second-order valence-corrected chi connectivity index (χ2v) is 5.97. The number of methoxy groups -OCH3 is 2. The molecular formula is C20H21N3O5. The number of hydrogen-bond acceptors (Lipinski definition) is 6. The normalized spacial score (nSPS) is 11.5. The molecule has 1 N–H and O–H groups in total. The largest absolute Gasteiger partial charge is 0.494 e. The average molecular weight is 383 g/mol. The van der Waals surface area contributed by atoms with Crippen molar-refractivity contribution in [3.8, 4) is 28.8 Å². The summed E-state index contributed by atoms with van der Waals surface area (Å²) in [5, 5.41) is 17.9. The molecule has 0 amide bonds. The number of aromatic nitrogens is 3. The third-order valence-corrected chi connectivity index (χ3v) is 4.23. The standard InChI is InChI=1S/C20H21N3O5/c1-5-13(20(24)25)11-17-21-22-19(16-10-9-12(2)28-16)23(17)18-14(26-3)7-6-8-15(18)27-4/h6-11H,5H2,1-4H3,(H,24,25)/b13-11+. The van der Waals surface area contributed by atoms with E-state index in [4.69, 9.17) is 13.9 Å². The first-order chi connectivity index (χ1) is 13.5. The quantitative estimate of drug-likeness (QED) is 0.621. The van der Waals surface area contributed by atoms with Gasteiger partial charge in [-0.1, -0.05) is 13.0 Å². The summed E-state index contributed by atoms with van der Waals surface area (Å²) in [5.74, 6) is 1.96. The van der Waals surface area contributed by atoms with Gasteiger partial charge >= 0.3 is 5.97 Å². The van der Waals surface area contributed by atoms with E-state index in [1.165, 1.54) is 6.08 Å². The van der Waals surface area contributed by atoms with Crippen molar-refractivity contribution in [1.82, 2.24) is 14.8 Å². The van der Waals surface area contributed by atoms with Gasteiger partial charge in [0.25, 0.3) is 0 Å². The first kappa shape index (κ1) is 19.2. The molecule has 0 unspecified atom stereocenters. The molecule has 28 heavy (non-hydrogen) atoms. The highest BCUT2D eigenvalue weighted by atomic mass is 16.5. The molecule has 146 valence electrons. The monoisotopic (exact) mass is 383 g/mol. The summed E-state index contributed by atoms with van der Waals surface area (Å²) in [6.07, 6.45) is 1.82. The molecule has 3 rings (SSSR count). The van der Waals surface area contributed by atoms with Gasteiger partial charge < -0.3 is 19.0 Å². The predicted molar refractivity (Wildman–Crippen MR) is 103 cm³/mol. The zero-order chi connectivity index (χ0) is 20.3. The molecule has 0 aliphatic rings. The number of nitrogens with zero attached hydrogens (tertiary/aromatic N) is 3. The Hall–Kier alpha value is -3.55. The number of furan rings is 1. The molecule has 0 atom stereocenters. The lowest BCUT2D eigenvalue weighted by Crippen LogP contribution is -2.06. The summed E-state index contributed by atoms with van der Waals surface area (Å²) in [6.45, 7) is 3.59. The van der Waals surface area contributed by atoms with E-state index in [-0.39, 0.29) is 5.57 Å². The lowest BCUT2D eigenvalue weighted by Gasteiger charge is -2.16. The first-order valence-corrected chi connectivity index (χ1v) is 8.67. The summed E-state index contributed by atoms with van der Waals surface area (Å²) in [6, 6.07) is 8.95. The number of aliphatic carboxylic acids is 1. The van der Waals surface area contributed by atoms with Crippen LogP contribution in [0.2, 0.25) is 0 Å². The van der Waals surface area contributed by atoms with Crippen molar-refractivity contribution in [1.29, 1.82) is 0 Å². The van der Waals surface area contributed by atoms with E-state index in [9.17, 15) is 9.90 Å². The fourth-order valence-electron chi connectivity index (χ4n) is 2.85. The molecule has 0 saturated carbocycles. The number of para-hydroxylation sites is 1. The van der Waals surface area contributed by atoms with E-state index in [1.807, 2.05) is 13.0 Å². The molecule has 8 nitrogen and oxygen atoms in total. The van der Waals surface area contributed by atoms with E-state index < -0.39 is 5.97 Å². The molecular weight excluding hydrogens is 362 g/mol. The van der Waals surface area contributed by atoms with Gasteiger partial charge in [0.05, 0.1) is 14.2 Å². The number of rotatable bonds is 7. The van der Waals surface area contributed by atoms with Gasteiger partial charge in [0.2, 0.25) is 5.82 Å². The second kappa shape index (κ2) is 7.99. The first-order valence-electron chi connectivity index (χ1n) is 8.67. The van der Waals surface area contributed by atoms with Crippen LogP contribution in [0.1, 0.15) is 24.9 Å². The minimum Gasteiger partial charge on any atom is -0.494 e. The average Bonchev–Trinajstić information content (AvgIpc) is 3.30. The number of hydrogen-bond donors (Lipinski definition) is 1. The van der Waals surface area contributed by atoms with E-state index >= 15 is 0 Å². The topological polar surface area (TPSA) is 99.6 Å². The molecule has 2 heterocycles. The number of aryl methyl sites for hydroxylation is 1. The number of ether oxygens (including phenoxy) is 2. The highest BCUT2D eigenvalue weighted by Crippen LogP contribution is 2.37. The number of carbonyl (C=O) groups is 1. The third kappa shape index (κ3) is 3.48. The zero-order valence-electron chi connectivity index (χ0n) is 16.1. The molecule has 0 spiro atoms.